The molecule has 2 heteroatoms. The zero-order chi connectivity index (χ0) is 10.0. The van der Waals surface area contributed by atoms with Gasteiger partial charge in [-0.1, -0.05) is 18.9 Å². The molecular formula is C12H17NO. The third-order valence-corrected chi connectivity index (χ3v) is 2.73. The summed E-state index contributed by atoms with van der Waals surface area (Å²) in [5, 5.41) is 10.2. The van der Waals surface area contributed by atoms with Gasteiger partial charge in [0.2, 0.25) is 0 Å². The molecule has 1 saturated carbocycles. The van der Waals surface area contributed by atoms with Crippen molar-refractivity contribution in [2.75, 3.05) is 0 Å². The second-order valence-electron chi connectivity index (χ2n) is 4.68. The Labute approximate surface area is 85.0 Å². The predicted octanol–water partition coefficient (Wildman–Crippen LogP) is 2.18. The van der Waals surface area contributed by atoms with Crippen LogP contribution in [-0.4, -0.2) is 15.7 Å². The molecule has 0 radical (unpaired) electrons. The van der Waals surface area contributed by atoms with E-state index in [2.05, 4.69) is 4.98 Å². The Hall–Kier alpha value is -0.890. The monoisotopic (exact) mass is 191 g/mol. The fourth-order valence-electron chi connectivity index (χ4n) is 1.96. The number of aromatic nitrogens is 1. The van der Waals surface area contributed by atoms with Crippen molar-refractivity contribution in [1.29, 1.82) is 0 Å². The molecule has 2 nitrogen and oxygen atoms in total. The van der Waals surface area contributed by atoms with E-state index in [1.54, 1.807) is 6.20 Å². The van der Waals surface area contributed by atoms with E-state index in [0.29, 0.717) is 0 Å². The molecule has 14 heavy (non-hydrogen) atoms. The van der Waals surface area contributed by atoms with Crippen LogP contribution in [0.15, 0.2) is 24.5 Å². The van der Waals surface area contributed by atoms with Crippen molar-refractivity contribution in [2.24, 2.45) is 5.92 Å². The van der Waals surface area contributed by atoms with Crippen LogP contribution in [0.25, 0.3) is 0 Å². The van der Waals surface area contributed by atoms with Gasteiger partial charge in [-0.2, -0.15) is 0 Å². The van der Waals surface area contributed by atoms with E-state index in [0.717, 1.165) is 24.3 Å². The molecule has 76 valence electrons. The Balaban J connectivity index is 1.94. The lowest BCUT2D eigenvalue weighted by atomic mass is 9.92. The molecule has 1 unspecified atom stereocenters. The first-order valence-electron chi connectivity index (χ1n) is 5.27. The predicted molar refractivity (Wildman–Crippen MR) is 55.9 cm³/mol. The molecule has 1 aromatic rings. The van der Waals surface area contributed by atoms with Gasteiger partial charge in [-0.15, -0.1) is 0 Å². The molecule has 1 fully saturated rings. The smallest absolute Gasteiger partial charge is 0.0663 e. The standard InChI is InChI=1S/C12H17NO/c1-12(14,7-10-4-5-10)8-11-3-2-6-13-9-11/h2-3,6,9-10,14H,4-5,7-8H2,1H3. The summed E-state index contributed by atoms with van der Waals surface area (Å²) in [4.78, 5) is 4.05. The Morgan fingerprint density at radius 1 is 1.57 bits per heavy atom. The molecule has 0 aromatic carbocycles. The van der Waals surface area contributed by atoms with Gasteiger partial charge in [0.1, 0.15) is 0 Å². The Bertz CT molecular complexity index is 290. The average molecular weight is 191 g/mol. The minimum absolute atomic E-state index is 0.551. The Morgan fingerprint density at radius 3 is 2.93 bits per heavy atom. The molecule has 0 saturated heterocycles. The molecule has 0 bridgehead atoms. The van der Waals surface area contributed by atoms with Crippen LogP contribution in [0, 0.1) is 5.92 Å². The summed E-state index contributed by atoms with van der Waals surface area (Å²) < 4.78 is 0. The lowest BCUT2D eigenvalue weighted by Crippen LogP contribution is -2.27. The molecule has 1 heterocycles. The number of nitrogens with zero attached hydrogens (tertiary/aromatic N) is 1. The molecule has 0 aliphatic heterocycles. The quantitative estimate of drug-likeness (QED) is 0.791. The van der Waals surface area contributed by atoms with Crippen LogP contribution >= 0.6 is 0 Å². The maximum Gasteiger partial charge on any atom is 0.0663 e. The van der Waals surface area contributed by atoms with Crippen LogP contribution in [0.1, 0.15) is 31.7 Å². The van der Waals surface area contributed by atoms with Crippen molar-refractivity contribution in [3.05, 3.63) is 30.1 Å². The topological polar surface area (TPSA) is 33.1 Å². The average Bonchev–Trinajstić information content (AvgIpc) is 2.88. The zero-order valence-corrected chi connectivity index (χ0v) is 8.61. The summed E-state index contributed by atoms with van der Waals surface area (Å²) in [6, 6.07) is 3.94. The fourth-order valence-corrected chi connectivity index (χ4v) is 1.96. The van der Waals surface area contributed by atoms with Crippen LogP contribution in [0.5, 0.6) is 0 Å². The maximum absolute atomic E-state index is 10.2. The largest absolute Gasteiger partial charge is 0.390 e. The van der Waals surface area contributed by atoms with Crippen molar-refractivity contribution in [3.63, 3.8) is 0 Å². The minimum atomic E-state index is -0.551. The van der Waals surface area contributed by atoms with E-state index in [1.165, 1.54) is 12.8 Å². The Kier molecular flexibility index (Phi) is 2.55. The highest BCUT2D eigenvalue weighted by atomic mass is 16.3. The van der Waals surface area contributed by atoms with Crippen LogP contribution < -0.4 is 0 Å². The van der Waals surface area contributed by atoms with Gasteiger partial charge in [0.05, 0.1) is 5.60 Å². The van der Waals surface area contributed by atoms with Gasteiger partial charge in [0, 0.05) is 18.8 Å². The van der Waals surface area contributed by atoms with E-state index >= 15 is 0 Å². The van der Waals surface area contributed by atoms with E-state index in [1.807, 2.05) is 25.3 Å². The summed E-state index contributed by atoms with van der Waals surface area (Å²) >= 11 is 0. The number of hydrogen-bond acceptors (Lipinski definition) is 2. The van der Waals surface area contributed by atoms with Gasteiger partial charge >= 0.3 is 0 Å². The maximum atomic E-state index is 10.2. The number of aliphatic hydroxyl groups is 1. The van der Waals surface area contributed by atoms with Crippen molar-refractivity contribution < 1.29 is 5.11 Å². The van der Waals surface area contributed by atoms with Crippen LogP contribution in [0.3, 0.4) is 0 Å². The number of hydrogen-bond donors (Lipinski definition) is 1. The summed E-state index contributed by atoms with van der Waals surface area (Å²) in [5.74, 6) is 0.765. The molecular weight excluding hydrogens is 174 g/mol. The second-order valence-corrected chi connectivity index (χ2v) is 4.68. The highest BCUT2D eigenvalue weighted by molar-refractivity contribution is 5.11. The minimum Gasteiger partial charge on any atom is -0.390 e. The van der Waals surface area contributed by atoms with Gasteiger partial charge in [-0.3, -0.25) is 4.98 Å². The second kappa shape index (κ2) is 3.70. The van der Waals surface area contributed by atoms with Crippen molar-refractivity contribution in [2.45, 2.75) is 38.2 Å². The lowest BCUT2D eigenvalue weighted by molar-refractivity contribution is 0.0454. The highest BCUT2D eigenvalue weighted by Crippen LogP contribution is 2.37. The molecule has 1 aromatic heterocycles. The molecule has 1 atom stereocenters. The summed E-state index contributed by atoms with van der Waals surface area (Å²) in [7, 11) is 0. The van der Waals surface area contributed by atoms with Gasteiger partial charge in [0.15, 0.2) is 0 Å². The van der Waals surface area contributed by atoms with Crippen molar-refractivity contribution >= 4 is 0 Å². The normalized spacial score (nSPS) is 20.4. The SMILES string of the molecule is CC(O)(Cc1cccnc1)CC1CC1. The molecule has 1 aliphatic rings. The van der Waals surface area contributed by atoms with E-state index in [4.69, 9.17) is 0 Å². The summed E-state index contributed by atoms with van der Waals surface area (Å²) in [6.07, 6.45) is 7.84. The van der Waals surface area contributed by atoms with Gasteiger partial charge in [0.25, 0.3) is 0 Å². The third kappa shape index (κ3) is 2.81. The number of rotatable bonds is 4. The van der Waals surface area contributed by atoms with E-state index in [9.17, 15) is 5.11 Å². The van der Waals surface area contributed by atoms with E-state index in [-0.39, 0.29) is 0 Å². The molecule has 1 N–H and O–H groups in total. The fraction of sp³-hybridized carbons (Fsp3) is 0.583. The molecule has 0 amide bonds. The Morgan fingerprint density at radius 2 is 2.36 bits per heavy atom. The highest BCUT2D eigenvalue weighted by Gasteiger charge is 2.31. The first-order valence-corrected chi connectivity index (χ1v) is 5.27. The van der Waals surface area contributed by atoms with Gasteiger partial charge in [-0.05, 0) is 30.9 Å². The first kappa shape index (κ1) is 9.66. The van der Waals surface area contributed by atoms with Crippen LogP contribution in [0.2, 0.25) is 0 Å². The number of pyridine rings is 1. The van der Waals surface area contributed by atoms with Gasteiger partial charge < -0.3 is 5.11 Å². The molecule has 2 rings (SSSR count). The van der Waals surface area contributed by atoms with Crippen LogP contribution in [-0.2, 0) is 6.42 Å². The first-order chi connectivity index (χ1) is 6.66. The lowest BCUT2D eigenvalue weighted by Gasteiger charge is -2.22. The zero-order valence-electron chi connectivity index (χ0n) is 8.61. The third-order valence-electron chi connectivity index (χ3n) is 2.73. The van der Waals surface area contributed by atoms with Crippen molar-refractivity contribution in [3.8, 4) is 0 Å². The summed E-state index contributed by atoms with van der Waals surface area (Å²) in [5.41, 5.74) is 0.572. The summed E-state index contributed by atoms with van der Waals surface area (Å²) in [6.45, 7) is 1.93. The van der Waals surface area contributed by atoms with Gasteiger partial charge in [-0.25, -0.2) is 0 Å². The van der Waals surface area contributed by atoms with E-state index < -0.39 is 5.60 Å². The van der Waals surface area contributed by atoms with Crippen LogP contribution in [0.4, 0.5) is 0 Å². The molecule has 1 aliphatic carbocycles. The molecule has 0 spiro atoms. The van der Waals surface area contributed by atoms with Crippen molar-refractivity contribution in [1.82, 2.24) is 4.98 Å².